The van der Waals surface area contributed by atoms with Crippen LogP contribution in [0.2, 0.25) is 0 Å². The largest absolute Gasteiger partial charge is 0.364 e. The predicted molar refractivity (Wildman–Crippen MR) is 112 cm³/mol. The topological polar surface area (TPSA) is 56.9 Å². The van der Waals surface area contributed by atoms with Crippen LogP contribution in [0.4, 0.5) is 0 Å². The van der Waals surface area contributed by atoms with E-state index in [2.05, 4.69) is 67.4 Å². The maximum Gasteiger partial charge on any atom is 0.194 e. The summed E-state index contributed by atoms with van der Waals surface area (Å²) < 4.78 is 6.06. The number of hydrogen-bond donors (Lipinski definition) is 1. The number of aliphatic imine (C=N–C) groups is 1. The van der Waals surface area contributed by atoms with Crippen molar-refractivity contribution < 1.29 is 4.52 Å². The monoisotopic (exact) mass is 433 g/mol. The highest BCUT2D eigenvalue weighted by molar-refractivity contribution is 9.10. The third-order valence-electron chi connectivity index (χ3n) is 4.66. The van der Waals surface area contributed by atoms with Gasteiger partial charge in [0.15, 0.2) is 5.96 Å². The molecule has 1 saturated heterocycles. The molecule has 1 aliphatic heterocycles. The molecule has 7 heteroatoms. The molecule has 0 atom stereocenters. The second-order valence-corrected chi connectivity index (χ2v) is 7.64. The van der Waals surface area contributed by atoms with E-state index in [9.17, 15) is 0 Å². The van der Waals surface area contributed by atoms with Gasteiger partial charge in [0.25, 0.3) is 0 Å². The van der Waals surface area contributed by atoms with Gasteiger partial charge in [-0.1, -0.05) is 33.2 Å². The number of rotatable bonds is 7. The highest BCUT2D eigenvalue weighted by atomic mass is 79.9. The first-order chi connectivity index (χ1) is 13.2. The van der Waals surface area contributed by atoms with E-state index >= 15 is 0 Å². The van der Waals surface area contributed by atoms with Gasteiger partial charge in [-0.15, -0.1) is 0 Å². The summed E-state index contributed by atoms with van der Waals surface area (Å²) in [6.07, 6.45) is 3.74. The molecule has 0 amide bonds. The molecule has 0 radical (unpaired) electrons. The number of hydrogen-bond acceptors (Lipinski definition) is 4. The minimum Gasteiger partial charge on any atom is -0.364 e. The predicted octanol–water partition coefficient (Wildman–Crippen LogP) is 3.15. The zero-order chi connectivity index (χ0) is 18.9. The highest BCUT2D eigenvalue weighted by Gasteiger charge is 2.20. The number of benzene rings is 1. The summed E-state index contributed by atoms with van der Waals surface area (Å²) >= 11 is 3.53. The van der Waals surface area contributed by atoms with E-state index in [-0.39, 0.29) is 0 Å². The van der Waals surface area contributed by atoms with Gasteiger partial charge >= 0.3 is 0 Å². The molecule has 146 valence electrons. The number of nitrogens with zero attached hydrogens (tertiary/aromatic N) is 4. The van der Waals surface area contributed by atoms with Gasteiger partial charge in [-0.25, -0.2) is 0 Å². The third kappa shape index (κ3) is 6.36. The Hall–Kier alpha value is -1.86. The lowest BCUT2D eigenvalue weighted by atomic mass is 10.1. The number of aryl methyl sites for hydroxylation is 1. The van der Waals surface area contributed by atoms with Gasteiger partial charge in [0.1, 0.15) is 6.26 Å². The number of guanidine groups is 1. The van der Waals surface area contributed by atoms with E-state index < -0.39 is 0 Å². The number of aromatic nitrogens is 1. The van der Waals surface area contributed by atoms with Gasteiger partial charge in [0, 0.05) is 56.4 Å². The highest BCUT2D eigenvalue weighted by Crippen LogP contribution is 2.13. The number of nitrogens with one attached hydrogen (secondary N) is 1. The molecule has 0 bridgehead atoms. The van der Waals surface area contributed by atoms with E-state index in [1.54, 1.807) is 6.26 Å². The lowest BCUT2D eigenvalue weighted by Gasteiger charge is -2.36. The average molecular weight is 434 g/mol. The molecule has 3 rings (SSSR count). The van der Waals surface area contributed by atoms with Gasteiger partial charge < -0.3 is 14.7 Å². The molecular weight excluding hydrogens is 406 g/mol. The first kappa shape index (κ1) is 19.9. The normalized spacial score (nSPS) is 15.9. The van der Waals surface area contributed by atoms with Crippen LogP contribution in [-0.4, -0.2) is 60.2 Å². The van der Waals surface area contributed by atoms with Gasteiger partial charge in [0.2, 0.25) is 0 Å². The van der Waals surface area contributed by atoms with E-state index in [1.165, 1.54) is 5.56 Å². The molecule has 1 aromatic heterocycles. The van der Waals surface area contributed by atoms with Crippen molar-refractivity contribution in [3.8, 4) is 0 Å². The molecule has 2 aromatic rings. The Morgan fingerprint density at radius 3 is 2.81 bits per heavy atom. The van der Waals surface area contributed by atoms with Crippen molar-refractivity contribution in [1.29, 1.82) is 0 Å². The third-order valence-corrected chi connectivity index (χ3v) is 5.15. The Balaban J connectivity index is 1.46. The number of halogens is 1. The molecule has 1 N–H and O–H groups in total. The number of piperazine rings is 1. The van der Waals surface area contributed by atoms with Crippen molar-refractivity contribution in [2.24, 2.45) is 4.99 Å². The summed E-state index contributed by atoms with van der Waals surface area (Å²) in [6.45, 7) is 8.69. The molecule has 6 nitrogen and oxygen atoms in total. The molecule has 0 unspecified atom stereocenters. The van der Waals surface area contributed by atoms with Gasteiger partial charge in [-0.05, 0) is 37.5 Å². The van der Waals surface area contributed by atoms with Crippen molar-refractivity contribution in [1.82, 2.24) is 20.3 Å². The Bertz CT molecular complexity index is 711. The fourth-order valence-corrected chi connectivity index (χ4v) is 3.70. The van der Waals surface area contributed by atoms with Crippen molar-refractivity contribution in [3.63, 3.8) is 0 Å². The maximum atomic E-state index is 4.92. The van der Waals surface area contributed by atoms with Crippen LogP contribution in [0.1, 0.15) is 24.6 Å². The van der Waals surface area contributed by atoms with E-state index in [0.29, 0.717) is 0 Å². The molecular formula is C20H28BrN5O. The molecule has 0 saturated carbocycles. The van der Waals surface area contributed by atoms with E-state index in [4.69, 9.17) is 9.52 Å². The van der Waals surface area contributed by atoms with E-state index in [0.717, 1.165) is 74.8 Å². The van der Waals surface area contributed by atoms with Gasteiger partial charge in [-0.3, -0.25) is 9.89 Å². The molecule has 0 spiro atoms. The molecule has 2 heterocycles. The van der Waals surface area contributed by atoms with Crippen molar-refractivity contribution in [2.45, 2.75) is 26.3 Å². The minimum atomic E-state index is 0.841. The van der Waals surface area contributed by atoms with Gasteiger partial charge in [-0.2, -0.15) is 0 Å². The first-order valence-corrected chi connectivity index (χ1v) is 10.4. The van der Waals surface area contributed by atoms with Crippen LogP contribution in [0.5, 0.6) is 0 Å². The average Bonchev–Trinajstić information content (AvgIpc) is 3.18. The first-order valence-electron chi connectivity index (χ1n) is 9.64. The van der Waals surface area contributed by atoms with Crippen molar-refractivity contribution in [2.75, 3.05) is 39.3 Å². The van der Waals surface area contributed by atoms with E-state index in [1.807, 2.05) is 6.07 Å². The fourth-order valence-electron chi connectivity index (χ4n) is 3.25. The quantitative estimate of drug-likeness (QED) is 0.412. The molecule has 1 aliphatic rings. The Labute approximate surface area is 169 Å². The van der Waals surface area contributed by atoms with Crippen LogP contribution < -0.4 is 5.32 Å². The summed E-state index contributed by atoms with van der Waals surface area (Å²) in [5.74, 6) is 1.04. The summed E-state index contributed by atoms with van der Waals surface area (Å²) in [6, 6.07) is 10.4. The second kappa shape index (κ2) is 10.5. The zero-order valence-corrected chi connectivity index (χ0v) is 17.5. The van der Waals surface area contributed by atoms with Crippen molar-refractivity contribution >= 4 is 21.9 Å². The van der Waals surface area contributed by atoms with Crippen LogP contribution in [0.3, 0.4) is 0 Å². The standard InChI is InChI=1S/C20H28BrN5O/c1-2-22-20(23-9-4-6-17-5-3-7-18(21)15-17)26-12-10-25(11-13-26)16-19-8-14-27-24-19/h3,5,7-8,14-15H,2,4,6,9-13,16H2,1H3,(H,22,23). The Morgan fingerprint density at radius 1 is 1.26 bits per heavy atom. The minimum absolute atomic E-state index is 0.841. The molecule has 1 aromatic carbocycles. The van der Waals surface area contributed by atoms with Gasteiger partial charge in [0.05, 0.1) is 5.69 Å². The smallest absolute Gasteiger partial charge is 0.194 e. The maximum absolute atomic E-state index is 4.92. The van der Waals surface area contributed by atoms with Crippen LogP contribution in [0.25, 0.3) is 0 Å². The lowest BCUT2D eigenvalue weighted by molar-refractivity contribution is 0.169. The molecule has 1 fully saturated rings. The van der Waals surface area contributed by atoms with Crippen LogP contribution in [0.15, 0.2) is 50.6 Å². The fraction of sp³-hybridized carbons (Fsp3) is 0.500. The Kier molecular flexibility index (Phi) is 7.71. The second-order valence-electron chi connectivity index (χ2n) is 6.72. The van der Waals surface area contributed by atoms with Crippen LogP contribution in [0, 0.1) is 0 Å². The van der Waals surface area contributed by atoms with Crippen LogP contribution in [-0.2, 0) is 13.0 Å². The summed E-state index contributed by atoms with van der Waals surface area (Å²) in [4.78, 5) is 9.62. The SMILES string of the molecule is CCNC(=NCCCc1cccc(Br)c1)N1CCN(Cc2ccon2)CC1. The zero-order valence-electron chi connectivity index (χ0n) is 15.9. The van der Waals surface area contributed by atoms with Crippen molar-refractivity contribution in [3.05, 3.63) is 52.3 Å². The molecule has 0 aliphatic carbocycles. The summed E-state index contributed by atoms with van der Waals surface area (Å²) in [7, 11) is 0. The Morgan fingerprint density at radius 2 is 2.11 bits per heavy atom. The molecule has 27 heavy (non-hydrogen) atoms. The lowest BCUT2D eigenvalue weighted by Crippen LogP contribution is -2.52. The summed E-state index contributed by atoms with van der Waals surface area (Å²) in [5, 5.41) is 7.45. The van der Waals surface area contributed by atoms with Crippen LogP contribution >= 0.6 is 15.9 Å². The summed E-state index contributed by atoms with van der Waals surface area (Å²) in [5.41, 5.74) is 2.35.